The van der Waals surface area contributed by atoms with Crippen molar-refractivity contribution in [3.63, 3.8) is 0 Å². The van der Waals surface area contributed by atoms with Crippen molar-refractivity contribution in [3.8, 4) is 0 Å². The van der Waals surface area contributed by atoms with E-state index < -0.39 is 22.7 Å². The third kappa shape index (κ3) is 3.67. The molecule has 0 atom stereocenters. The van der Waals surface area contributed by atoms with Crippen LogP contribution in [0.25, 0.3) is 0 Å². The van der Waals surface area contributed by atoms with E-state index in [-0.39, 0.29) is 11.6 Å². The molecule has 8 heteroatoms. The molecule has 1 rings (SSSR count). The van der Waals surface area contributed by atoms with Crippen LogP contribution in [0.1, 0.15) is 27.3 Å². The summed E-state index contributed by atoms with van der Waals surface area (Å²) in [7, 11) is 1.69. The zero-order valence-electron chi connectivity index (χ0n) is 9.93. The van der Waals surface area contributed by atoms with Gasteiger partial charge in [0.2, 0.25) is 0 Å². The molecule has 0 saturated carbocycles. The molecule has 0 bridgehead atoms. The van der Waals surface area contributed by atoms with Crippen molar-refractivity contribution in [2.24, 2.45) is 0 Å². The number of esters is 1. The van der Waals surface area contributed by atoms with Gasteiger partial charge in [-0.15, -0.1) is 11.3 Å². The Labute approximate surface area is 106 Å². The lowest BCUT2D eigenvalue weighted by Crippen LogP contribution is -2.14. The average Bonchev–Trinajstić information content (AvgIpc) is 2.70. The third-order valence-electron chi connectivity index (χ3n) is 1.99. The topological polar surface area (TPSA) is 51.2 Å². The molecule has 0 amide bonds. The lowest BCUT2D eigenvalue weighted by Gasteiger charge is -2.05. The average molecular weight is 282 g/mol. The maximum absolute atomic E-state index is 12.7. The summed E-state index contributed by atoms with van der Waals surface area (Å²) in [5.74, 6) is -0.974. The molecule has 0 aliphatic carbocycles. The highest BCUT2D eigenvalue weighted by Gasteiger charge is 2.40. The van der Waals surface area contributed by atoms with Crippen molar-refractivity contribution in [1.29, 1.82) is 0 Å². The second-order valence-electron chi connectivity index (χ2n) is 3.36. The maximum atomic E-state index is 12.7. The normalized spacial score (nSPS) is 11.6. The summed E-state index contributed by atoms with van der Waals surface area (Å²) in [6.07, 6.45) is -4.31. The van der Waals surface area contributed by atoms with Gasteiger partial charge >= 0.3 is 12.1 Å². The van der Waals surface area contributed by atoms with Crippen LogP contribution >= 0.6 is 11.3 Å². The minimum Gasteiger partial charge on any atom is -0.462 e. The molecule has 1 N–H and O–H groups in total. The Morgan fingerprint density at radius 1 is 1.50 bits per heavy atom. The number of hydrogen-bond acceptors (Lipinski definition) is 5. The van der Waals surface area contributed by atoms with Gasteiger partial charge in [0.1, 0.15) is 4.88 Å². The van der Waals surface area contributed by atoms with Crippen molar-refractivity contribution in [2.45, 2.75) is 19.5 Å². The number of rotatable bonds is 5. The molecule has 0 saturated heterocycles. The van der Waals surface area contributed by atoms with E-state index in [0.29, 0.717) is 13.0 Å². The third-order valence-corrected chi connectivity index (χ3v) is 3.08. The summed E-state index contributed by atoms with van der Waals surface area (Å²) in [4.78, 5) is 14.4. The van der Waals surface area contributed by atoms with E-state index in [0.717, 1.165) is 11.3 Å². The molecule has 0 aliphatic rings. The number of thiazole rings is 1. The van der Waals surface area contributed by atoms with Crippen molar-refractivity contribution in [1.82, 2.24) is 10.3 Å². The number of nitrogens with one attached hydrogen (secondary N) is 1. The molecule has 0 spiro atoms. The van der Waals surface area contributed by atoms with Gasteiger partial charge in [-0.2, -0.15) is 13.2 Å². The number of carbonyl (C=O) groups is 1. The summed E-state index contributed by atoms with van der Waals surface area (Å²) in [6, 6.07) is 0. The Bertz CT molecular complexity index is 418. The number of carbonyl (C=O) groups excluding carboxylic acids is 1. The molecule has 1 aromatic heterocycles. The van der Waals surface area contributed by atoms with Gasteiger partial charge in [0, 0.05) is 13.0 Å². The molecule has 0 fully saturated rings. The van der Waals surface area contributed by atoms with Crippen molar-refractivity contribution >= 4 is 17.3 Å². The van der Waals surface area contributed by atoms with Gasteiger partial charge in [-0.1, -0.05) is 0 Å². The first kappa shape index (κ1) is 14.9. The highest BCUT2D eigenvalue weighted by molar-refractivity contribution is 7.13. The van der Waals surface area contributed by atoms with E-state index in [1.807, 2.05) is 0 Å². The summed E-state index contributed by atoms with van der Waals surface area (Å²) < 4.78 is 42.7. The van der Waals surface area contributed by atoms with Crippen LogP contribution in [0, 0.1) is 0 Å². The van der Waals surface area contributed by atoms with Crippen LogP contribution in [0.2, 0.25) is 0 Å². The Hall–Kier alpha value is -1.15. The van der Waals surface area contributed by atoms with Crippen molar-refractivity contribution in [3.05, 3.63) is 15.6 Å². The van der Waals surface area contributed by atoms with E-state index in [1.165, 1.54) is 6.92 Å². The highest BCUT2D eigenvalue weighted by atomic mass is 32.1. The zero-order valence-corrected chi connectivity index (χ0v) is 10.7. The Balaban J connectivity index is 3.05. The summed E-state index contributed by atoms with van der Waals surface area (Å²) in [6.45, 7) is 2.06. The minimum atomic E-state index is -4.64. The highest BCUT2D eigenvalue weighted by Crippen LogP contribution is 2.34. The molecule has 0 unspecified atom stereocenters. The Morgan fingerprint density at radius 2 is 2.17 bits per heavy atom. The van der Waals surface area contributed by atoms with Gasteiger partial charge in [-0.3, -0.25) is 0 Å². The number of likely N-dealkylation sites (N-methyl/N-ethyl adjacent to an activating group) is 1. The van der Waals surface area contributed by atoms with Crippen LogP contribution in [0.5, 0.6) is 0 Å². The fraction of sp³-hybridized carbons (Fsp3) is 0.600. The van der Waals surface area contributed by atoms with Gasteiger partial charge in [0.25, 0.3) is 0 Å². The second kappa shape index (κ2) is 6.14. The monoisotopic (exact) mass is 282 g/mol. The predicted molar refractivity (Wildman–Crippen MR) is 60.7 cm³/mol. The van der Waals surface area contributed by atoms with E-state index in [4.69, 9.17) is 0 Å². The van der Waals surface area contributed by atoms with E-state index in [1.54, 1.807) is 7.05 Å². The molecule has 4 nitrogen and oxygen atoms in total. The van der Waals surface area contributed by atoms with Gasteiger partial charge in [0.05, 0.1) is 11.6 Å². The Kier molecular flexibility index (Phi) is 5.09. The van der Waals surface area contributed by atoms with Crippen LogP contribution in [0.15, 0.2) is 0 Å². The summed E-state index contributed by atoms with van der Waals surface area (Å²) >= 11 is 0.729. The number of nitrogens with zero attached hydrogens (tertiary/aromatic N) is 1. The molecule has 1 aromatic rings. The first-order valence-electron chi connectivity index (χ1n) is 5.28. The number of halogens is 3. The molecular weight excluding hydrogens is 269 g/mol. The van der Waals surface area contributed by atoms with Crippen molar-refractivity contribution < 1.29 is 22.7 Å². The molecule has 102 valence electrons. The van der Waals surface area contributed by atoms with Crippen LogP contribution < -0.4 is 5.32 Å². The minimum absolute atomic E-state index is 0.0277. The first-order valence-corrected chi connectivity index (χ1v) is 6.10. The number of alkyl halides is 3. The quantitative estimate of drug-likeness (QED) is 0.840. The predicted octanol–water partition coefficient (Wildman–Crippen LogP) is 2.10. The SMILES string of the molecule is CCOC(=O)c1sc(CCNC)nc1C(F)(F)F. The summed E-state index contributed by atoms with van der Waals surface area (Å²) in [5.41, 5.74) is -1.16. The fourth-order valence-electron chi connectivity index (χ4n) is 1.23. The van der Waals surface area contributed by atoms with Crippen LogP contribution in [0.4, 0.5) is 13.2 Å². The second-order valence-corrected chi connectivity index (χ2v) is 4.44. The first-order chi connectivity index (χ1) is 8.40. The lowest BCUT2D eigenvalue weighted by molar-refractivity contribution is -0.141. The largest absolute Gasteiger partial charge is 0.462 e. The van der Waals surface area contributed by atoms with Gasteiger partial charge in [0.15, 0.2) is 5.69 Å². The fourth-order valence-corrected chi connectivity index (χ4v) is 2.21. The molecule has 1 heterocycles. The van der Waals surface area contributed by atoms with Crippen LogP contribution in [0.3, 0.4) is 0 Å². The zero-order chi connectivity index (χ0) is 13.8. The molecule has 18 heavy (non-hydrogen) atoms. The standard InChI is InChI=1S/C10H13F3N2O2S/c1-3-17-9(16)7-8(10(11,12)13)15-6(18-7)4-5-14-2/h14H,3-5H2,1-2H3. The smallest absolute Gasteiger partial charge is 0.435 e. The van der Waals surface area contributed by atoms with E-state index in [9.17, 15) is 18.0 Å². The van der Waals surface area contributed by atoms with Gasteiger partial charge in [-0.05, 0) is 14.0 Å². The molecule has 0 aromatic carbocycles. The van der Waals surface area contributed by atoms with Crippen LogP contribution in [-0.2, 0) is 17.3 Å². The van der Waals surface area contributed by atoms with Crippen LogP contribution in [-0.4, -0.2) is 31.2 Å². The molecule has 0 radical (unpaired) electrons. The van der Waals surface area contributed by atoms with Gasteiger partial charge < -0.3 is 10.1 Å². The lowest BCUT2D eigenvalue weighted by atomic mass is 10.3. The maximum Gasteiger partial charge on any atom is 0.435 e. The van der Waals surface area contributed by atoms with E-state index >= 15 is 0 Å². The van der Waals surface area contributed by atoms with E-state index in [2.05, 4.69) is 15.0 Å². The Morgan fingerprint density at radius 3 is 2.67 bits per heavy atom. The van der Waals surface area contributed by atoms with Gasteiger partial charge in [-0.25, -0.2) is 9.78 Å². The number of aromatic nitrogens is 1. The van der Waals surface area contributed by atoms with Crippen molar-refractivity contribution in [2.75, 3.05) is 20.2 Å². The summed E-state index contributed by atoms with van der Waals surface area (Å²) in [5, 5.41) is 3.07. The molecule has 0 aliphatic heterocycles. The number of ether oxygens (including phenoxy) is 1. The number of hydrogen-bond donors (Lipinski definition) is 1. The molecular formula is C10H13F3N2O2S.